The Kier molecular flexibility index (Phi) is 11.7. The number of hydrogen-bond donors (Lipinski definition) is 0. The SMILES string of the molecule is CCCCCCCC(=O)N(CC(C)=Cc1ccccc1)CC1CCN(C(=O)c2cccc(OC)c2)CC1. The van der Waals surface area contributed by atoms with Crippen LogP contribution in [0.4, 0.5) is 0 Å². The van der Waals surface area contributed by atoms with Crippen molar-refractivity contribution in [3.05, 3.63) is 71.3 Å². The molecule has 0 radical (unpaired) electrons. The third-order valence-corrected chi connectivity index (χ3v) is 7.20. The topological polar surface area (TPSA) is 49.9 Å². The van der Waals surface area contributed by atoms with E-state index in [0.717, 1.165) is 50.9 Å². The monoisotopic (exact) mass is 504 g/mol. The number of likely N-dealkylation sites (tertiary alicyclic amines) is 1. The first-order valence-electron chi connectivity index (χ1n) is 13.9. The van der Waals surface area contributed by atoms with E-state index < -0.39 is 0 Å². The summed E-state index contributed by atoms with van der Waals surface area (Å²) in [6.07, 6.45) is 10.4. The highest BCUT2D eigenvalue weighted by Crippen LogP contribution is 2.23. The van der Waals surface area contributed by atoms with Gasteiger partial charge in [0, 0.05) is 38.2 Å². The zero-order valence-electron chi connectivity index (χ0n) is 23.0. The average molecular weight is 505 g/mol. The van der Waals surface area contributed by atoms with Crippen LogP contribution < -0.4 is 4.74 Å². The van der Waals surface area contributed by atoms with Crippen molar-refractivity contribution in [2.75, 3.05) is 33.3 Å². The Balaban J connectivity index is 1.59. The van der Waals surface area contributed by atoms with Crippen LogP contribution in [0.3, 0.4) is 0 Å². The van der Waals surface area contributed by atoms with Gasteiger partial charge in [0.2, 0.25) is 5.91 Å². The molecule has 1 aliphatic heterocycles. The summed E-state index contributed by atoms with van der Waals surface area (Å²) in [5.74, 6) is 1.41. The number of methoxy groups -OCH3 is 1. The Hall–Kier alpha value is -3.08. The van der Waals surface area contributed by atoms with Crippen LogP contribution in [-0.4, -0.2) is 54.9 Å². The zero-order valence-corrected chi connectivity index (χ0v) is 23.0. The minimum Gasteiger partial charge on any atom is -0.497 e. The number of unbranched alkanes of at least 4 members (excludes halogenated alkanes) is 4. The Morgan fingerprint density at radius 2 is 1.73 bits per heavy atom. The second-order valence-corrected chi connectivity index (χ2v) is 10.3. The molecular weight excluding hydrogens is 460 g/mol. The molecule has 0 saturated carbocycles. The molecule has 0 spiro atoms. The first kappa shape index (κ1) is 28.5. The summed E-state index contributed by atoms with van der Waals surface area (Å²) in [5.41, 5.74) is 3.02. The van der Waals surface area contributed by atoms with Crippen molar-refractivity contribution >= 4 is 17.9 Å². The first-order chi connectivity index (χ1) is 18.0. The second-order valence-electron chi connectivity index (χ2n) is 10.3. The molecule has 0 aromatic heterocycles. The van der Waals surface area contributed by atoms with Gasteiger partial charge in [0.15, 0.2) is 0 Å². The van der Waals surface area contributed by atoms with Crippen molar-refractivity contribution in [2.24, 2.45) is 5.92 Å². The summed E-state index contributed by atoms with van der Waals surface area (Å²) in [7, 11) is 1.62. The molecule has 2 aromatic carbocycles. The molecule has 1 aliphatic rings. The van der Waals surface area contributed by atoms with E-state index in [1.165, 1.54) is 24.8 Å². The second kappa shape index (κ2) is 15.2. The van der Waals surface area contributed by atoms with E-state index >= 15 is 0 Å². The number of piperidine rings is 1. The molecule has 37 heavy (non-hydrogen) atoms. The van der Waals surface area contributed by atoms with Crippen LogP contribution >= 0.6 is 0 Å². The Morgan fingerprint density at radius 1 is 1.00 bits per heavy atom. The van der Waals surface area contributed by atoms with Gasteiger partial charge < -0.3 is 14.5 Å². The number of ether oxygens (including phenoxy) is 1. The van der Waals surface area contributed by atoms with Crippen molar-refractivity contribution in [1.82, 2.24) is 9.80 Å². The number of hydrogen-bond acceptors (Lipinski definition) is 3. The van der Waals surface area contributed by atoms with E-state index in [1.807, 2.05) is 41.3 Å². The summed E-state index contributed by atoms with van der Waals surface area (Å²) in [5, 5.41) is 0. The molecule has 0 N–H and O–H groups in total. The van der Waals surface area contributed by atoms with Gasteiger partial charge in [-0.15, -0.1) is 0 Å². The lowest BCUT2D eigenvalue weighted by Crippen LogP contribution is -2.43. The molecule has 1 heterocycles. The number of rotatable bonds is 13. The maximum Gasteiger partial charge on any atom is 0.253 e. The maximum atomic E-state index is 13.3. The molecule has 200 valence electrons. The molecule has 5 heteroatoms. The Bertz CT molecular complexity index is 1010. The van der Waals surface area contributed by atoms with Crippen LogP contribution in [0.1, 0.15) is 81.1 Å². The molecule has 0 unspecified atom stereocenters. The maximum absolute atomic E-state index is 13.3. The van der Waals surface area contributed by atoms with E-state index in [9.17, 15) is 9.59 Å². The van der Waals surface area contributed by atoms with Crippen LogP contribution in [0.25, 0.3) is 6.08 Å². The van der Waals surface area contributed by atoms with E-state index in [-0.39, 0.29) is 11.8 Å². The van der Waals surface area contributed by atoms with Crippen molar-refractivity contribution in [1.29, 1.82) is 0 Å². The van der Waals surface area contributed by atoms with Crippen LogP contribution in [0, 0.1) is 5.92 Å². The lowest BCUT2D eigenvalue weighted by atomic mass is 9.95. The number of benzene rings is 2. The third kappa shape index (κ3) is 9.38. The molecular formula is C32H44N2O3. The van der Waals surface area contributed by atoms with Crippen LogP contribution in [-0.2, 0) is 4.79 Å². The molecule has 0 atom stereocenters. The number of nitrogens with zero attached hydrogens (tertiary/aromatic N) is 2. The van der Waals surface area contributed by atoms with Gasteiger partial charge in [0.25, 0.3) is 5.91 Å². The lowest BCUT2D eigenvalue weighted by molar-refractivity contribution is -0.131. The van der Waals surface area contributed by atoms with Gasteiger partial charge >= 0.3 is 0 Å². The molecule has 1 fully saturated rings. The molecule has 3 rings (SSSR count). The highest BCUT2D eigenvalue weighted by molar-refractivity contribution is 5.94. The third-order valence-electron chi connectivity index (χ3n) is 7.20. The number of carbonyl (C=O) groups is 2. The van der Waals surface area contributed by atoms with E-state index in [4.69, 9.17) is 4.74 Å². The zero-order chi connectivity index (χ0) is 26.5. The smallest absolute Gasteiger partial charge is 0.253 e. The number of amides is 2. The Labute approximate surface area is 223 Å². The van der Waals surface area contributed by atoms with Gasteiger partial charge in [0.05, 0.1) is 7.11 Å². The summed E-state index contributed by atoms with van der Waals surface area (Å²) in [6.45, 7) is 7.19. The molecule has 2 aromatic rings. The van der Waals surface area contributed by atoms with Gasteiger partial charge in [-0.2, -0.15) is 0 Å². The van der Waals surface area contributed by atoms with E-state index in [1.54, 1.807) is 13.2 Å². The van der Waals surface area contributed by atoms with Crippen LogP contribution in [0.5, 0.6) is 5.75 Å². The van der Waals surface area contributed by atoms with Gasteiger partial charge in [-0.3, -0.25) is 9.59 Å². The highest BCUT2D eigenvalue weighted by atomic mass is 16.5. The first-order valence-corrected chi connectivity index (χ1v) is 13.9. The summed E-state index contributed by atoms with van der Waals surface area (Å²) >= 11 is 0. The largest absolute Gasteiger partial charge is 0.497 e. The molecule has 0 bridgehead atoms. The average Bonchev–Trinajstić information content (AvgIpc) is 2.93. The Morgan fingerprint density at radius 3 is 2.43 bits per heavy atom. The van der Waals surface area contributed by atoms with E-state index in [2.05, 4.69) is 37.0 Å². The fourth-order valence-electron chi connectivity index (χ4n) is 5.04. The van der Waals surface area contributed by atoms with Gasteiger partial charge in [0.1, 0.15) is 5.75 Å². The minimum absolute atomic E-state index is 0.0546. The van der Waals surface area contributed by atoms with Gasteiger partial charge in [-0.1, -0.05) is 80.7 Å². The summed E-state index contributed by atoms with van der Waals surface area (Å²) in [6, 6.07) is 17.7. The number of carbonyl (C=O) groups excluding carboxylic acids is 2. The standard InChI is InChI=1S/C32H44N2O3/c1-4-5-6-7-11-17-31(35)34(24-26(2)22-27-13-9-8-10-14-27)25-28-18-20-33(21-19-28)32(36)29-15-12-16-30(23-29)37-3/h8-10,12-16,22-23,28H,4-7,11,17-21,24-25H2,1-3H3. The fraction of sp³-hybridized carbons (Fsp3) is 0.500. The van der Waals surface area contributed by atoms with Gasteiger partial charge in [-0.25, -0.2) is 0 Å². The van der Waals surface area contributed by atoms with Crippen molar-refractivity contribution < 1.29 is 14.3 Å². The quantitative estimate of drug-likeness (QED) is 0.281. The molecule has 1 saturated heterocycles. The minimum atomic E-state index is 0.0546. The fourth-order valence-corrected chi connectivity index (χ4v) is 5.04. The van der Waals surface area contributed by atoms with Crippen LogP contribution in [0.15, 0.2) is 60.2 Å². The highest BCUT2D eigenvalue weighted by Gasteiger charge is 2.26. The van der Waals surface area contributed by atoms with Gasteiger partial charge in [-0.05, 0) is 55.9 Å². The molecule has 0 aliphatic carbocycles. The van der Waals surface area contributed by atoms with E-state index in [0.29, 0.717) is 30.2 Å². The predicted molar refractivity (Wildman–Crippen MR) is 152 cm³/mol. The summed E-state index contributed by atoms with van der Waals surface area (Å²) in [4.78, 5) is 30.3. The predicted octanol–water partition coefficient (Wildman–Crippen LogP) is 6.84. The van der Waals surface area contributed by atoms with Crippen molar-refractivity contribution in [3.8, 4) is 5.75 Å². The summed E-state index contributed by atoms with van der Waals surface area (Å²) < 4.78 is 5.28. The van der Waals surface area contributed by atoms with Crippen LogP contribution in [0.2, 0.25) is 0 Å². The lowest BCUT2D eigenvalue weighted by Gasteiger charge is -2.35. The normalized spacial score (nSPS) is 14.5. The van der Waals surface area contributed by atoms with Crippen molar-refractivity contribution in [2.45, 2.75) is 65.2 Å². The molecule has 5 nitrogen and oxygen atoms in total. The molecule has 2 amide bonds. The van der Waals surface area contributed by atoms with Crippen molar-refractivity contribution in [3.63, 3.8) is 0 Å².